The van der Waals surface area contributed by atoms with E-state index in [-0.39, 0.29) is 17.1 Å². The van der Waals surface area contributed by atoms with Crippen molar-refractivity contribution in [3.63, 3.8) is 0 Å². The molecule has 2 N–H and O–H groups in total. The van der Waals surface area contributed by atoms with Gasteiger partial charge in [-0.2, -0.15) is 0 Å². The molecule has 3 aromatic rings. The molecular weight excluding hydrogens is 387 g/mol. The first-order valence-corrected chi connectivity index (χ1v) is 10.3. The van der Waals surface area contributed by atoms with Gasteiger partial charge in [0.2, 0.25) is 0 Å². The lowest BCUT2D eigenvalue weighted by Gasteiger charge is -2.14. The monoisotopic (exact) mass is 410 g/mol. The highest BCUT2D eigenvalue weighted by molar-refractivity contribution is 7.19. The molecule has 0 saturated heterocycles. The van der Waals surface area contributed by atoms with Gasteiger partial charge in [-0.1, -0.05) is 32.9 Å². The topological polar surface area (TPSA) is 70.4 Å². The number of hydrogen-bond acceptors (Lipinski definition) is 6. The van der Waals surface area contributed by atoms with E-state index in [9.17, 15) is 9.50 Å². The molecule has 0 aliphatic carbocycles. The smallest absolute Gasteiger partial charge is 0.164 e. The molecule has 0 saturated carbocycles. The summed E-state index contributed by atoms with van der Waals surface area (Å²) < 4.78 is 14.2. The predicted octanol–water partition coefficient (Wildman–Crippen LogP) is 4.98. The van der Waals surface area contributed by atoms with Crippen LogP contribution in [-0.4, -0.2) is 27.5 Å². The number of aromatic nitrogens is 2. The van der Waals surface area contributed by atoms with Gasteiger partial charge in [0.1, 0.15) is 17.8 Å². The fourth-order valence-corrected chi connectivity index (χ4v) is 4.15. The second-order valence-corrected chi connectivity index (χ2v) is 9.33. The lowest BCUT2D eigenvalue weighted by atomic mass is 9.95. The highest BCUT2D eigenvalue weighted by Gasteiger charge is 2.23. The number of halogens is 1. The van der Waals surface area contributed by atoms with Crippen LogP contribution in [0.4, 0.5) is 10.2 Å². The van der Waals surface area contributed by atoms with Gasteiger partial charge < -0.3 is 10.4 Å². The highest BCUT2D eigenvalue weighted by atomic mass is 32.1. The quantitative estimate of drug-likeness (QED) is 0.639. The van der Waals surface area contributed by atoms with Crippen LogP contribution in [-0.2, 0) is 5.41 Å². The molecule has 1 unspecified atom stereocenters. The maximum absolute atomic E-state index is 13.3. The van der Waals surface area contributed by atoms with E-state index < -0.39 is 6.10 Å². The number of nitrogens with zero attached hydrogens (tertiary/aromatic N) is 3. The normalized spacial score (nSPS) is 15.4. The second kappa shape index (κ2) is 7.31. The van der Waals surface area contributed by atoms with Crippen LogP contribution in [0.15, 0.2) is 47.0 Å². The number of anilines is 1. The molecule has 1 atom stereocenters. The van der Waals surface area contributed by atoms with Crippen LogP contribution in [0, 0.1) is 5.82 Å². The lowest BCUT2D eigenvalue weighted by Crippen LogP contribution is -2.12. The number of amidine groups is 1. The van der Waals surface area contributed by atoms with Gasteiger partial charge in [0.05, 0.1) is 16.8 Å². The summed E-state index contributed by atoms with van der Waals surface area (Å²) in [5, 5.41) is 14.1. The Balaban J connectivity index is 1.81. The molecular formula is C22H23FN4OS. The average molecular weight is 411 g/mol. The van der Waals surface area contributed by atoms with Crippen molar-refractivity contribution in [2.24, 2.45) is 4.99 Å². The molecule has 0 bridgehead atoms. The summed E-state index contributed by atoms with van der Waals surface area (Å²) in [6, 6.07) is 7.77. The number of hydrogen-bond donors (Lipinski definition) is 2. The molecule has 0 amide bonds. The van der Waals surface area contributed by atoms with Gasteiger partial charge in [-0.3, -0.25) is 4.99 Å². The fraction of sp³-hybridized carbons (Fsp3) is 0.318. The van der Waals surface area contributed by atoms with Gasteiger partial charge >= 0.3 is 0 Å². The van der Waals surface area contributed by atoms with Crippen molar-refractivity contribution in [1.82, 2.24) is 9.97 Å². The summed E-state index contributed by atoms with van der Waals surface area (Å²) in [5.74, 6) is 1.28. The van der Waals surface area contributed by atoms with E-state index in [0.717, 1.165) is 16.1 Å². The van der Waals surface area contributed by atoms with Gasteiger partial charge in [-0.15, -0.1) is 11.3 Å². The summed E-state index contributed by atoms with van der Waals surface area (Å²) in [4.78, 5) is 14.9. The van der Waals surface area contributed by atoms with Crippen LogP contribution < -0.4 is 5.32 Å². The molecule has 1 aliphatic heterocycles. The largest absolute Gasteiger partial charge is 0.380 e. The number of aliphatic imine (C=N–C) groups is 1. The van der Waals surface area contributed by atoms with Crippen molar-refractivity contribution < 1.29 is 9.50 Å². The van der Waals surface area contributed by atoms with Crippen molar-refractivity contribution in [2.45, 2.75) is 39.2 Å². The van der Waals surface area contributed by atoms with E-state index in [4.69, 9.17) is 0 Å². The Morgan fingerprint density at radius 2 is 1.90 bits per heavy atom. The van der Waals surface area contributed by atoms with Crippen molar-refractivity contribution in [2.75, 3.05) is 11.9 Å². The minimum atomic E-state index is -1.05. The molecule has 0 radical (unpaired) electrons. The number of aliphatic hydroxyl groups is 1. The number of benzene rings is 1. The van der Waals surface area contributed by atoms with Gasteiger partial charge in [-0.25, -0.2) is 14.4 Å². The Morgan fingerprint density at radius 3 is 2.52 bits per heavy atom. The summed E-state index contributed by atoms with van der Waals surface area (Å²) in [7, 11) is 0. The Kier molecular flexibility index (Phi) is 4.96. The number of aliphatic hydroxyl groups excluding tert-OH is 1. The molecule has 2 aromatic heterocycles. The molecule has 0 fully saturated rings. The van der Waals surface area contributed by atoms with Crippen molar-refractivity contribution in [1.29, 1.82) is 0 Å². The first-order chi connectivity index (χ1) is 13.7. The second-order valence-electron chi connectivity index (χ2n) is 8.28. The highest BCUT2D eigenvalue weighted by Crippen LogP contribution is 2.37. The first kappa shape index (κ1) is 19.7. The van der Waals surface area contributed by atoms with E-state index in [2.05, 4.69) is 41.0 Å². The Labute approximate surface area is 173 Å². The van der Waals surface area contributed by atoms with E-state index in [1.165, 1.54) is 22.6 Å². The zero-order chi connectivity index (χ0) is 20.8. The third kappa shape index (κ3) is 4.06. The molecule has 29 heavy (non-hydrogen) atoms. The van der Waals surface area contributed by atoms with Crippen molar-refractivity contribution >= 4 is 33.2 Å². The summed E-state index contributed by atoms with van der Waals surface area (Å²) in [6.07, 6.45) is 0.934. The van der Waals surface area contributed by atoms with Crippen LogP contribution in [0.25, 0.3) is 10.2 Å². The van der Waals surface area contributed by atoms with Crippen molar-refractivity contribution in [3.8, 4) is 0 Å². The predicted molar refractivity (Wildman–Crippen MR) is 116 cm³/mol. The zero-order valence-electron chi connectivity index (χ0n) is 16.8. The van der Waals surface area contributed by atoms with Gasteiger partial charge in [-0.05, 0) is 47.8 Å². The first-order valence-electron chi connectivity index (χ1n) is 9.45. The van der Waals surface area contributed by atoms with Gasteiger partial charge in [0.25, 0.3) is 0 Å². The summed E-state index contributed by atoms with van der Waals surface area (Å²) in [5.41, 5.74) is 2.45. The Bertz CT molecular complexity index is 1130. The van der Waals surface area contributed by atoms with E-state index in [1.54, 1.807) is 23.5 Å². The number of nitrogens with one attached hydrogen (secondary N) is 1. The molecule has 7 heteroatoms. The number of fused-ring (bicyclic) bond motifs is 1. The minimum absolute atomic E-state index is 0.0280. The molecule has 0 spiro atoms. The van der Waals surface area contributed by atoms with Crippen LogP contribution in [0.1, 0.15) is 50.1 Å². The van der Waals surface area contributed by atoms with Gasteiger partial charge in [0.15, 0.2) is 11.6 Å². The van der Waals surface area contributed by atoms with Crippen LogP contribution in [0.3, 0.4) is 0 Å². The summed E-state index contributed by atoms with van der Waals surface area (Å²) in [6.45, 7) is 9.15. The minimum Gasteiger partial charge on any atom is -0.380 e. The van der Waals surface area contributed by atoms with Gasteiger partial charge in [0, 0.05) is 4.88 Å². The maximum Gasteiger partial charge on any atom is 0.164 e. The van der Waals surface area contributed by atoms with Crippen LogP contribution >= 0.6 is 11.3 Å². The van der Waals surface area contributed by atoms with E-state index in [1.807, 2.05) is 19.1 Å². The number of rotatable bonds is 3. The molecule has 1 aromatic carbocycles. The molecule has 1 aliphatic rings. The SMILES string of the molecule is CC1=CC(Nc2nc(C(O)c3ccc(F)cc3)nc3cc(C(C)(C)C)sc23)=NC1. The molecule has 4 rings (SSSR count). The molecule has 3 heterocycles. The summed E-state index contributed by atoms with van der Waals surface area (Å²) >= 11 is 1.64. The van der Waals surface area contributed by atoms with Crippen molar-refractivity contribution in [3.05, 3.63) is 64.1 Å². The Hall–Kier alpha value is -2.64. The van der Waals surface area contributed by atoms with E-state index in [0.29, 0.717) is 17.9 Å². The third-order valence-corrected chi connectivity index (χ3v) is 6.24. The van der Waals surface area contributed by atoms with E-state index >= 15 is 0 Å². The maximum atomic E-state index is 13.3. The third-order valence-electron chi connectivity index (χ3n) is 4.69. The molecule has 5 nitrogen and oxygen atoms in total. The zero-order valence-corrected chi connectivity index (χ0v) is 17.6. The van der Waals surface area contributed by atoms with Crippen LogP contribution in [0.5, 0.6) is 0 Å². The standard InChI is InChI=1S/C22H23FN4OS/c1-12-9-17(24-11-12)26-21-19-15(10-16(29-19)22(2,3)4)25-20(27-21)18(28)13-5-7-14(23)8-6-13/h5-10,18,28H,11H2,1-4H3,(H,24,25,26,27). The number of thiophene rings is 1. The Morgan fingerprint density at radius 1 is 1.17 bits per heavy atom. The molecule has 150 valence electrons. The lowest BCUT2D eigenvalue weighted by molar-refractivity contribution is 0.210. The fourth-order valence-electron chi connectivity index (χ4n) is 3.05. The van der Waals surface area contributed by atoms with Crippen LogP contribution in [0.2, 0.25) is 0 Å². The average Bonchev–Trinajstić information content (AvgIpc) is 3.27.